The molecule has 1 aromatic rings. The van der Waals surface area contributed by atoms with E-state index in [1.165, 1.54) is 0 Å². The van der Waals surface area contributed by atoms with Crippen LogP contribution in [0.25, 0.3) is 0 Å². The number of carbonyl (C=O) groups excluding carboxylic acids is 1. The third-order valence-corrected chi connectivity index (χ3v) is 2.08. The van der Waals surface area contributed by atoms with Crippen molar-refractivity contribution in [2.75, 3.05) is 6.61 Å². The van der Waals surface area contributed by atoms with Crippen LogP contribution in [-0.4, -0.2) is 12.6 Å². The molecular formula is C13H12F2O2. The predicted octanol–water partition coefficient (Wildman–Crippen LogP) is 2.44. The molecule has 0 heterocycles. The lowest BCUT2D eigenvalue weighted by molar-refractivity contribution is -0.136. The number of rotatable bonds is 2. The highest BCUT2D eigenvalue weighted by molar-refractivity contribution is 5.89. The molecule has 1 rings (SSSR count). The predicted molar refractivity (Wildman–Crippen MR) is 59.2 cm³/mol. The van der Waals surface area contributed by atoms with E-state index in [1.54, 1.807) is 13.8 Å². The Bertz CT molecular complexity index is 461. The van der Waals surface area contributed by atoms with Crippen LogP contribution in [-0.2, 0) is 16.0 Å². The van der Waals surface area contributed by atoms with Crippen molar-refractivity contribution in [1.82, 2.24) is 0 Å². The molecule has 0 aliphatic rings. The molecule has 17 heavy (non-hydrogen) atoms. The number of hydrogen-bond acceptors (Lipinski definition) is 2. The van der Waals surface area contributed by atoms with E-state index in [9.17, 15) is 13.6 Å². The maximum absolute atomic E-state index is 13.4. The van der Waals surface area contributed by atoms with E-state index in [1.807, 2.05) is 0 Å². The first-order chi connectivity index (χ1) is 8.08. The van der Waals surface area contributed by atoms with Crippen molar-refractivity contribution >= 4 is 5.97 Å². The van der Waals surface area contributed by atoms with E-state index in [0.29, 0.717) is 0 Å². The summed E-state index contributed by atoms with van der Waals surface area (Å²) >= 11 is 0. The molecule has 90 valence electrons. The van der Waals surface area contributed by atoms with Crippen molar-refractivity contribution < 1.29 is 18.3 Å². The summed E-state index contributed by atoms with van der Waals surface area (Å²) in [6, 6.07) is 2.21. The Labute approximate surface area is 98.6 Å². The van der Waals surface area contributed by atoms with Crippen LogP contribution in [0.5, 0.6) is 0 Å². The summed E-state index contributed by atoms with van der Waals surface area (Å²) in [5.74, 6) is 2.49. The number of ether oxygens (including phenoxy) is 1. The van der Waals surface area contributed by atoms with Crippen molar-refractivity contribution in [3.8, 4) is 11.8 Å². The quantitative estimate of drug-likeness (QED) is 0.584. The molecule has 0 amide bonds. The van der Waals surface area contributed by atoms with Crippen LogP contribution in [0.1, 0.15) is 25.0 Å². The average Bonchev–Trinajstić information content (AvgIpc) is 2.26. The molecule has 0 saturated carbocycles. The smallest absolute Gasteiger partial charge is 0.384 e. The Kier molecular flexibility index (Phi) is 4.65. The number of esters is 1. The van der Waals surface area contributed by atoms with Gasteiger partial charge in [-0.2, -0.15) is 0 Å². The fourth-order valence-electron chi connectivity index (χ4n) is 1.30. The van der Waals surface area contributed by atoms with Gasteiger partial charge in [-0.05, 0) is 25.5 Å². The molecule has 0 bridgehead atoms. The Morgan fingerprint density at radius 1 is 1.29 bits per heavy atom. The van der Waals surface area contributed by atoms with Gasteiger partial charge in [-0.1, -0.05) is 12.8 Å². The highest BCUT2D eigenvalue weighted by atomic mass is 19.1. The lowest BCUT2D eigenvalue weighted by Gasteiger charge is -2.01. The number of benzene rings is 1. The van der Waals surface area contributed by atoms with E-state index in [-0.39, 0.29) is 24.2 Å². The Balaban J connectivity index is 2.97. The van der Waals surface area contributed by atoms with E-state index in [2.05, 4.69) is 16.6 Å². The van der Waals surface area contributed by atoms with E-state index >= 15 is 0 Å². The molecule has 0 saturated heterocycles. The average molecular weight is 238 g/mol. The van der Waals surface area contributed by atoms with Gasteiger partial charge in [-0.3, -0.25) is 0 Å². The van der Waals surface area contributed by atoms with Crippen molar-refractivity contribution in [3.63, 3.8) is 0 Å². The zero-order valence-electron chi connectivity index (χ0n) is 9.64. The van der Waals surface area contributed by atoms with Gasteiger partial charge >= 0.3 is 5.97 Å². The topological polar surface area (TPSA) is 26.3 Å². The van der Waals surface area contributed by atoms with Gasteiger partial charge in [0.05, 0.1) is 6.61 Å². The van der Waals surface area contributed by atoms with Crippen LogP contribution < -0.4 is 0 Å². The summed E-state index contributed by atoms with van der Waals surface area (Å²) in [5, 5.41) is 0. The molecule has 0 unspecified atom stereocenters. The van der Waals surface area contributed by atoms with Gasteiger partial charge in [-0.25, -0.2) is 13.6 Å². The van der Waals surface area contributed by atoms with Crippen LogP contribution in [0.4, 0.5) is 8.78 Å². The van der Waals surface area contributed by atoms with Crippen LogP contribution >= 0.6 is 0 Å². The van der Waals surface area contributed by atoms with Crippen LogP contribution in [0.15, 0.2) is 12.1 Å². The zero-order chi connectivity index (χ0) is 12.8. The third-order valence-electron chi connectivity index (χ3n) is 2.08. The maximum atomic E-state index is 13.4. The second-order valence-electron chi connectivity index (χ2n) is 3.24. The normalized spacial score (nSPS) is 9.41. The first-order valence-electron chi connectivity index (χ1n) is 5.25. The second kappa shape index (κ2) is 6.00. The van der Waals surface area contributed by atoms with Gasteiger partial charge in [-0.15, -0.1) is 0 Å². The molecular weight excluding hydrogens is 226 g/mol. The van der Waals surface area contributed by atoms with Crippen molar-refractivity contribution in [2.24, 2.45) is 0 Å². The van der Waals surface area contributed by atoms with Gasteiger partial charge in [0.25, 0.3) is 0 Å². The minimum atomic E-state index is -0.715. The van der Waals surface area contributed by atoms with Gasteiger partial charge in [0.1, 0.15) is 11.6 Å². The summed E-state index contributed by atoms with van der Waals surface area (Å²) in [6.45, 7) is 3.52. The Hall–Kier alpha value is -1.89. The SMILES string of the molecule is CCOC(=O)C#Cc1cc(F)c(CC)c(F)c1. The van der Waals surface area contributed by atoms with E-state index < -0.39 is 17.6 Å². The Morgan fingerprint density at radius 2 is 1.88 bits per heavy atom. The molecule has 0 fully saturated rings. The maximum Gasteiger partial charge on any atom is 0.384 e. The summed E-state index contributed by atoms with van der Waals surface area (Å²) in [5.41, 5.74) is 0.136. The lowest BCUT2D eigenvalue weighted by Crippen LogP contribution is -2.00. The number of carbonyl (C=O) groups is 1. The Morgan fingerprint density at radius 3 is 2.35 bits per heavy atom. The highest BCUT2D eigenvalue weighted by Crippen LogP contribution is 2.15. The summed E-state index contributed by atoms with van der Waals surface area (Å²) in [7, 11) is 0. The summed E-state index contributed by atoms with van der Waals surface area (Å²) in [6.07, 6.45) is 0.267. The molecule has 0 aliphatic carbocycles. The van der Waals surface area contributed by atoms with Crippen molar-refractivity contribution in [3.05, 3.63) is 34.9 Å². The van der Waals surface area contributed by atoms with E-state index in [4.69, 9.17) is 0 Å². The largest absolute Gasteiger partial charge is 0.456 e. The summed E-state index contributed by atoms with van der Waals surface area (Å²) in [4.78, 5) is 10.9. The second-order valence-corrected chi connectivity index (χ2v) is 3.24. The minimum absolute atomic E-state index is 0.0201. The molecule has 0 radical (unpaired) electrons. The summed E-state index contributed by atoms with van der Waals surface area (Å²) < 4.78 is 31.3. The fourth-order valence-corrected chi connectivity index (χ4v) is 1.30. The zero-order valence-corrected chi connectivity index (χ0v) is 9.64. The van der Waals surface area contributed by atoms with Crippen LogP contribution in [0.3, 0.4) is 0 Å². The number of hydrogen-bond donors (Lipinski definition) is 0. The monoisotopic (exact) mass is 238 g/mol. The molecule has 0 atom stereocenters. The van der Waals surface area contributed by atoms with Gasteiger partial charge in [0.15, 0.2) is 0 Å². The molecule has 0 aromatic heterocycles. The molecule has 0 aliphatic heterocycles. The molecule has 2 nitrogen and oxygen atoms in total. The molecule has 0 N–H and O–H groups in total. The molecule has 4 heteroatoms. The van der Waals surface area contributed by atoms with Gasteiger partial charge in [0, 0.05) is 17.0 Å². The van der Waals surface area contributed by atoms with Crippen LogP contribution in [0.2, 0.25) is 0 Å². The van der Waals surface area contributed by atoms with Crippen molar-refractivity contribution in [2.45, 2.75) is 20.3 Å². The fraction of sp³-hybridized carbons (Fsp3) is 0.308. The first-order valence-corrected chi connectivity index (χ1v) is 5.25. The van der Waals surface area contributed by atoms with Gasteiger partial charge in [0.2, 0.25) is 0 Å². The lowest BCUT2D eigenvalue weighted by atomic mass is 10.1. The van der Waals surface area contributed by atoms with Gasteiger partial charge < -0.3 is 4.74 Å². The standard InChI is InChI=1S/C13H12F2O2/c1-3-10-11(14)7-9(8-12(10)15)5-6-13(16)17-4-2/h7-8H,3-4H2,1-2H3. The number of halogens is 2. The van der Waals surface area contributed by atoms with Crippen LogP contribution in [0, 0.1) is 23.5 Å². The highest BCUT2D eigenvalue weighted by Gasteiger charge is 2.08. The van der Waals surface area contributed by atoms with Crippen molar-refractivity contribution in [1.29, 1.82) is 0 Å². The molecule has 0 spiro atoms. The first kappa shape index (κ1) is 13.2. The third kappa shape index (κ3) is 3.56. The minimum Gasteiger partial charge on any atom is -0.456 e. The van der Waals surface area contributed by atoms with E-state index in [0.717, 1.165) is 12.1 Å². The molecule has 1 aromatic carbocycles.